The number of nitrogens with zero attached hydrogens (tertiary/aromatic N) is 1. The minimum atomic E-state index is -4.61. The molecule has 9 heteroatoms. The van der Waals surface area contributed by atoms with Gasteiger partial charge in [-0.25, -0.2) is 0 Å². The summed E-state index contributed by atoms with van der Waals surface area (Å²) in [4.78, 5) is 25.6. The first kappa shape index (κ1) is 77.5. The normalized spacial score (nSPS) is 14.0. The highest BCUT2D eigenvalue weighted by Crippen LogP contribution is 2.38. The number of carbonyl (C=O) groups excluding carboxylic acids is 1. The number of quaternary nitrogens is 1. The lowest BCUT2D eigenvalue weighted by Crippen LogP contribution is -2.45. The monoisotopic (exact) mass is 1130 g/mol. The summed E-state index contributed by atoms with van der Waals surface area (Å²) < 4.78 is 23.4. The van der Waals surface area contributed by atoms with Gasteiger partial charge in [-0.15, -0.1) is 0 Å². The van der Waals surface area contributed by atoms with E-state index in [4.69, 9.17) is 9.05 Å². The summed E-state index contributed by atoms with van der Waals surface area (Å²) in [5.74, 6) is -0.206. The van der Waals surface area contributed by atoms with Gasteiger partial charge in [-0.05, 0) is 70.6 Å². The third-order valence-corrected chi connectivity index (χ3v) is 16.7. The summed E-state index contributed by atoms with van der Waals surface area (Å²) in [6.07, 6.45) is 82.5. The maximum absolute atomic E-state index is 13.0. The van der Waals surface area contributed by atoms with Crippen molar-refractivity contribution in [3.05, 3.63) is 48.6 Å². The van der Waals surface area contributed by atoms with Crippen LogP contribution in [0.5, 0.6) is 0 Å². The van der Waals surface area contributed by atoms with E-state index in [0.29, 0.717) is 17.4 Å². The van der Waals surface area contributed by atoms with Gasteiger partial charge in [0.2, 0.25) is 5.91 Å². The number of likely N-dealkylation sites (N-methyl/N-ethyl adjacent to an activating group) is 1. The van der Waals surface area contributed by atoms with E-state index in [-0.39, 0.29) is 12.5 Å². The van der Waals surface area contributed by atoms with Crippen LogP contribution in [-0.2, 0) is 18.4 Å². The SMILES string of the molecule is CCCCCCCCCCCC/C=C/CC/C=C/CC/C=C/C(O)C(COP(=O)([O-])OCC[N+](C)(C)C)NC(=O)CCCCCCCCCCCCCCCCCCC/C=C\CCCCCCCCCCCCCCCCCC. The Morgan fingerprint density at radius 2 is 0.709 bits per heavy atom. The number of nitrogens with one attached hydrogen (secondary N) is 1. The van der Waals surface area contributed by atoms with Crippen molar-refractivity contribution in [1.82, 2.24) is 5.32 Å². The first-order valence-electron chi connectivity index (χ1n) is 34.5. The molecule has 3 unspecified atom stereocenters. The Morgan fingerprint density at radius 1 is 0.430 bits per heavy atom. The van der Waals surface area contributed by atoms with Gasteiger partial charge in [0.05, 0.1) is 39.9 Å². The fourth-order valence-corrected chi connectivity index (χ4v) is 11.1. The first-order valence-corrected chi connectivity index (χ1v) is 36.0. The topological polar surface area (TPSA) is 108 Å². The lowest BCUT2D eigenvalue weighted by Gasteiger charge is -2.29. The molecule has 1 amide bonds. The highest BCUT2D eigenvalue weighted by atomic mass is 31.2. The minimum Gasteiger partial charge on any atom is -0.756 e. The number of unbranched alkanes of at least 4 members (excludes halogenated alkanes) is 45. The molecule has 79 heavy (non-hydrogen) atoms. The molecule has 0 aliphatic carbocycles. The summed E-state index contributed by atoms with van der Waals surface area (Å²) >= 11 is 0. The number of phosphoric ester groups is 1. The molecule has 0 aromatic heterocycles. The van der Waals surface area contributed by atoms with Crippen LogP contribution in [0, 0.1) is 0 Å². The Labute approximate surface area is 492 Å². The summed E-state index contributed by atoms with van der Waals surface area (Å²) in [6, 6.07) is -0.911. The van der Waals surface area contributed by atoms with Crippen molar-refractivity contribution in [3.63, 3.8) is 0 Å². The van der Waals surface area contributed by atoms with E-state index in [1.807, 2.05) is 27.2 Å². The van der Waals surface area contributed by atoms with E-state index in [9.17, 15) is 19.4 Å². The molecule has 0 rings (SSSR count). The molecular formula is C70H135N2O6P. The maximum atomic E-state index is 13.0. The van der Waals surface area contributed by atoms with Crippen LogP contribution in [0.4, 0.5) is 0 Å². The third-order valence-electron chi connectivity index (χ3n) is 15.7. The number of hydrogen-bond acceptors (Lipinski definition) is 6. The number of aliphatic hydroxyl groups excluding tert-OH is 1. The van der Waals surface area contributed by atoms with Crippen molar-refractivity contribution in [3.8, 4) is 0 Å². The van der Waals surface area contributed by atoms with Gasteiger partial charge in [-0.1, -0.05) is 313 Å². The average Bonchev–Trinajstić information content (AvgIpc) is 3.42. The fraction of sp³-hybridized carbons (Fsp3) is 0.871. The number of hydrogen-bond donors (Lipinski definition) is 2. The lowest BCUT2D eigenvalue weighted by atomic mass is 10.0. The van der Waals surface area contributed by atoms with Crippen molar-refractivity contribution >= 4 is 13.7 Å². The Kier molecular flexibility index (Phi) is 59.8. The molecule has 0 aromatic rings. The average molecular weight is 1130 g/mol. The highest BCUT2D eigenvalue weighted by Gasteiger charge is 2.23. The van der Waals surface area contributed by atoms with Gasteiger partial charge in [0.1, 0.15) is 13.2 Å². The van der Waals surface area contributed by atoms with Crippen LogP contribution in [0.25, 0.3) is 0 Å². The van der Waals surface area contributed by atoms with E-state index >= 15 is 0 Å². The van der Waals surface area contributed by atoms with Crippen molar-refractivity contribution in [2.75, 3.05) is 40.9 Å². The third kappa shape index (κ3) is 63.9. The highest BCUT2D eigenvalue weighted by molar-refractivity contribution is 7.45. The number of amides is 1. The van der Waals surface area contributed by atoms with Crippen molar-refractivity contribution < 1.29 is 32.9 Å². The second kappa shape index (κ2) is 61.0. The summed E-state index contributed by atoms with van der Waals surface area (Å²) in [5, 5.41) is 13.9. The molecule has 0 spiro atoms. The van der Waals surface area contributed by atoms with Gasteiger partial charge in [0.15, 0.2) is 0 Å². The molecular weight excluding hydrogens is 996 g/mol. The Bertz CT molecular complexity index is 1430. The first-order chi connectivity index (χ1) is 38.5. The summed E-state index contributed by atoms with van der Waals surface area (Å²) in [5.41, 5.74) is 0. The second-order valence-corrected chi connectivity index (χ2v) is 26.3. The minimum absolute atomic E-state index is 0.00844. The Hall–Kier alpha value is -1.54. The van der Waals surface area contributed by atoms with Crippen LogP contribution in [0.3, 0.4) is 0 Å². The van der Waals surface area contributed by atoms with E-state index in [2.05, 4.69) is 55.6 Å². The van der Waals surface area contributed by atoms with Crippen LogP contribution in [0.2, 0.25) is 0 Å². The Morgan fingerprint density at radius 3 is 1.03 bits per heavy atom. The van der Waals surface area contributed by atoms with E-state index in [1.165, 1.54) is 276 Å². The molecule has 0 bridgehead atoms. The molecule has 2 N–H and O–H groups in total. The lowest BCUT2D eigenvalue weighted by molar-refractivity contribution is -0.870. The van der Waals surface area contributed by atoms with Crippen molar-refractivity contribution in [2.45, 2.75) is 353 Å². The van der Waals surface area contributed by atoms with Gasteiger partial charge >= 0.3 is 0 Å². The molecule has 0 radical (unpaired) electrons. The smallest absolute Gasteiger partial charge is 0.268 e. The quantitative estimate of drug-likeness (QED) is 0.0272. The number of rotatable bonds is 64. The predicted octanol–water partition coefficient (Wildman–Crippen LogP) is 21.2. The van der Waals surface area contributed by atoms with Crippen LogP contribution in [0.1, 0.15) is 341 Å². The van der Waals surface area contributed by atoms with Gasteiger partial charge in [-0.2, -0.15) is 0 Å². The summed E-state index contributed by atoms with van der Waals surface area (Å²) in [6.45, 7) is 4.66. The second-order valence-electron chi connectivity index (χ2n) is 24.9. The van der Waals surface area contributed by atoms with E-state index in [1.54, 1.807) is 6.08 Å². The molecule has 0 aliphatic rings. The maximum Gasteiger partial charge on any atom is 0.268 e. The zero-order chi connectivity index (χ0) is 57.7. The zero-order valence-corrected chi connectivity index (χ0v) is 54.2. The van der Waals surface area contributed by atoms with Crippen molar-refractivity contribution in [2.24, 2.45) is 0 Å². The number of carbonyl (C=O) groups is 1. The standard InChI is InChI=1S/C70H135N2O6P/c1-6-8-10-12-14-16-18-20-22-24-26-28-29-30-31-32-33-34-35-36-37-38-39-40-41-42-43-44-46-48-50-52-54-56-58-60-62-64-70(74)71-68(67-78-79(75,76)77-66-65-72(3,4)5)69(73)63-61-59-57-55-53-51-49-47-45-27-25-23-21-19-17-15-13-11-9-7-2/h34-35,45,47,53,55,61,63,68-69,73H,6-33,36-44,46,48-52,54,56-60,62,64-67H2,1-5H3,(H-,71,74,75,76)/b35-34-,47-45+,55-53+,63-61+. The molecule has 8 nitrogen and oxygen atoms in total. The molecule has 0 saturated heterocycles. The van der Waals surface area contributed by atoms with Crippen LogP contribution in [0.15, 0.2) is 48.6 Å². The molecule has 466 valence electrons. The van der Waals surface area contributed by atoms with Gasteiger partial charge in [-0.3, -0.25) is 9.36 Å². The van der Waals surface area contributed by atoms with Gasteiger partial charge in [0.25, 0.3) is 7.82 Å². The molecule has 0 aromatic carbocycles. The summed E-state index contributed by atoms with van der Waals surface area (Å²) in [7, 11) is 1.25. The fourth-order valence-electron chi connectivity index (χ4n) is 10.4. The molecule has 0 saturated carbocycles. The van der Waals surface area contributed by atoms with Gasteiger partial charge < -0.3 is 28.8 Å². The number of aliphatic hydroxyl groups is 1. The molecule has 0 fully saturated rings. The molecule has 0 heterocycles. The molecule has 0 aliphatic heterocycles. The van der Waals surface area contributed by atoms with Gasteiger partial charge in [0, 0.05) is 6.42 Å². The van der Waals surface area contributed by atoms with E-state index in [0.717, 1.165) is 44.9 Å². The van der Waals surface area contributed by atoms with Crippen LogP contribution >= 0.6 is 7.82 Å². The van der Waals surface area contributed by atoms with Crippen LogP contribution in [-0.4, -0.2) is 68.5 Å². The van der Waals surface area contributed by atoms with E-state index < -0.39 is 26.6 Å². The number of phosphoric acid groups is 1. The Balaban J connectivity index is 4.01. The predicted molar refractivity (Wildman–Crippen MR) is 344 cm³/mol. The number of allylic oxidation sites excluding steroid dienone is 7. The van der Waals surface area contributed by atoms with Crippen LogP contribution < -0.4 is 10.2 Å². The molecule has 3 atom stereocenters. The van der Waals surface area contributed by atoms with Crippen molar-refractivity contribution in [1.29, 1.82) is 0 Å². The largest absolute Gasteiger partial charge is 0.756 e. The zero-order valence-electron chi connectivity index (χ0n) is 53.3.